The summed E-state index contributed by atoms with van der Waals surface area (Å²) in [5, 5.41) is 2.35. The highest BCUT2D eigenvalue weighted by molar-refractivity contribution is 7.98. The summed E-state index contributed by atoms with van der Waals surface area (Å²) in [6, 6.07) is 12.5. The van der Waals surface area contributed by atoms with Crippen molar-refractivity contribution in [3.05, 3.63) is 42.0 Å². The molecular formula is C15H16O2S. The molecule has 0 aromatic heterocycles. The quantitative estimate of drug-likeness (QED) is 0.619. The van der Waals surface area contributed by atoms with Crippen LogP contribution >= 0.6 is 11.8 Å². The zero-order valence-electron chi connectivity index (χ0n) is 10.8. The topological polar surface area (TPSA) is 26.3 Å². The van der Waals surface area contributed by atoms with Gasteiger partial charge in [-0.15, -0.1) is 11.8 Å². The van der Waals surface area contributed by atoms with Crippen molar-refractivity contribution in [1.82, 2.24) is 0 Å². The van der Waals surface area contributed by atoms with E-state index in [4.69, 9.17) is 4.74 Å². The molecule has 2 rings (SSSR count). The predicted octanol–water partition coefficient (Wildman–Crippen LogP) is 3.84. The molecular weight excluding hydrogens is 244 g/mol. The van der Waals surface area contributed by atoms with Gasteiger partial charge < -0.3 is 4.74 Å². The molecule has 94 valence electrons. The van der Waals surface area contributed by atoms with Crippen molar-refractivity contribution in [3.63, 3.8) is 0 Å². The van der Waals surface area contributed by atoms with Crippen LogP contribution in [0.2, 0.25) is 0 Å². The van der Waals surface area contributed by atoms with Crippen LogP contribution in [0.3, 0.4) is 0 Å². The molecule has 18 heavy (non-hydrogen) atoms. The molecule has 0 aliphatic rings. The largest absolute Gasteiger partial charge is 0.469 e. The molecule has 0 saturated carbocycles. The van der Waals surface area contributed by atoms with Crippen molar-refractivity contribution in [2.45, 2.75) is 17.7 Å². The van der Waals surface area contributed by atoms with Gasteiger partial charge >= 0.3 is 5.97 Å². The Hall–Kier alpha value is -1.48. The van der Waals surface area contributed by atoms with Gasteiger partial charge in [-0.25, -0.2) is 0 Å². The van der Waals surface area contributed by atoms with Crippen LogP contribution in [0, 0.1) is 0 Å². The molecule has 0 aliphatic carbocycles. The van der Waals surface area contributed by atoms with E-state index in [0.29, 0.717) is 0 Å². The molecule has 2 nitrogen and oxygen atoms in total. The summed E-state index contributed by atoms with van der Waals surface area (Å²) in [6.45, 7) is 1.86. The molecule has 0 saturated heterocycles. The molecule has 0 amide bonds. The monoisotopic (exact) mass is 260 g/mol. The van der Waals surface area contributed by atoms with Crippen LogP contribution in [0.15, 0.2) is 41.3 Å². The Morgan fingerprint density at radius 2 is 1.83 bits per heavy atom. The van der Waals surface area contributed by atoms with E-state index in [1.54, 1.807) is 11.8 Å². The van der Waals surface area contributed by atoms with Crippen LogP contribution < -0.4 is 0 Å². The maximum Gasteiger partial charge on any atom is 0.312 e. The summed E-state index contributed by atoms with van der Waals surface area (Å²) in [5.41, 5.74) is 0.992. The minimum atomic E-state index is -0.223. The lowest BCUT2D eigenvalue weighted by atomic mass is 9.98. The Morgan fingerprint density at radius 3 is 2.50 bits per heavy atom. The first kappa shape index (κ1) is 13.0. The van der Waals surface area contributed by atoms with E-state index in [0.717, 1.165) is 10.9 Å². The number of methoxy groups -OCH3 is 1. The van der Waals surface area contributed by atoms with E-state index in [1.807, 2.05) is 13.0 Å². The minimum Gasteiger partial charge on any atom is -0.469 e. The van der Waals surface area contributed by atoms with E-state index in [1.165, 1.54) is 17.4 Å². The molecule has 0 bridgehead atoms. The zero-order chi connectivity index (χ0) is 13.1. The highest BCUT2D eigenvalue weighted by Crippen LogP contribution is 2.26. The van der Waals surface area contributed by atoms with E-state index in [-0.39, 0.29) is 11.9 Å². The number of fused-ring (bicyclic) bond motifs is 1. The van der Waals surface area contributed by atoms with Gasteiger partial charge in [-0.2, -0.15) is 0 Å². The Balaban J connectivity index is 2.42. The SMILES string of the molecule is COC(=O)[C@@H](C)c1ccc2cc(SC)ccc2c1. The van der Waals surface area contributed by atoms with E-state index < -0.39 is 0 Å². The number of benzene rings is 2. The summed E-state index contributed by atoms with van der Waals surface area (Å²) in [4.78, 5) is 12.8. The van der Waals surface area contributed by atoms with Crippen molar-refractivity contribution < 1.29 is 9.53 Å². The second kappa shape index (κ2) is 5.44. The van der Waals surface area contributed by atoms with Gasteiger partial charge in [-0.1, -0.05) is 24.3 Å². The molecule has 0 spiro atoms. The Kier molecular flexibility index (Phi) is 3.92. The number of carbonyl (C=O) groups is 1. The number of hydrogen-bond donors (Lipinski definition) is 0. The normalized spacial score (nSPS) is 12.4. The first-order chi connectivity index (χ1) is 8.65. The molecule has 0 heterocycles. The fraction of sp³-hybridized carbons (Fsp3) is 0.267. The molecule has 2 aromatic rings. The van der Waals surface area contributed by atoms with Crippen molar-refractivity contribution >= 4 is 28.5 Å². The summed E-state index contributed by atoms with van der Waals surface area (Å²) in [7, 11) is 1.42. The highest BCUT2D eigenvalue weighted by Gasteiger charge is 2.15. The van der Waals surface area contributed by atoms with Crippen molar-refractivity contribution in [1.29, 1.82) is 0 Å². The highest BCUT2D eigenvalue weighted by atomic mass is 32.2. The van der Waals surface area contributed by atoms with Gasteiger partial charge in [0.05, 0.1) is 13.0 Å². The fourth-order valence-corrected chi connectivity index (χ4v) is 2.40. The summed E-state index contributed by atoms with van der Waals surface area (Å²) in [6.07, 6.45) is 2.06. The minimum absolute atomic E-state index is 0.199. The number of esters is 1. The zero-order valence-corrected chi connectivity index (χ0v) is 11.6. The van der Waals surface area contributed by atoms with Crippen molar-refractivity contribution in [2.24, 2.45) is 0 Å². The average molecular weight is 260 g/mol. The summed E-state index contributed by atoms with van der Waals surface area (Å²) >= 11 is 1.73. The lowest BCUT2D eigenvalue weighted by Gasteiger charge is -2.10. The van der Waals surface area contributed by atoms with Crippen molar-refractivity contribution in [3.8, 4) is 0 Å². The third-order valence-corrected chi connectivity index (χ3v) is 3.85. The average Bonchev–Trinajstić information content (AvgIpc) is 2.44. The molecule has 2 aromatic carbocycles. The van der Waals surface area contributed by atoms with Gasteiger partial charge in [0, 0.05) is 4.90 Å². The number of carbonyl (C=O) groups excluding carboxylic acids is 1. The lowest BCUT2D eigenvalue weighted by molar-refractivity contribution is -0.141. The van der Waals surface area contributed by atoms with Gasteiger partial charge in [0.15, 0.2) is 0 Å². The van der Waals surface area contributed by atoms with Gasteiger partial charge in [-0.05, 0) is 41.6 Å². The van der Waals surface area contributed by atoms with Gasteiger partial charge in [0.1, 0.15) is 0 Å². The fourth-order valence-electron chi connectivity index (χ4n) is 1.95. The summed E-state index contributed by atoms with van der Waals surface area (Å²) < 4.78 is 4.77. The van der Waals surface area contributed by atoms with Crippen molar-refractivity contribution in [2.75, 3.05) is 13.4 Å². The van der Waals surface area contributed by atoms with Crippen LogP contribution in [0.4, 0.5) is 0 Å². The van der Waals surface area contributed by atoms with Gasteiger partial charge in [-0.3, -0.25) is 4.79 Å². The smallest absolute Gasteiger partial charge is 0.312 e. The van der Waals surface area contributed by atoms with E-state index in [2.05, 4.69) is 36.6 Å². The molecule has 3 heteroatoms. The second-order valence-corrected chi connectivity index (χ2v) is 5.10. The lowest BCUT2D eigenvalue weighted by Crippen LogP contribution is -2.10. The number of ether oxygens (including phenoxy) is 1. The van der Waals surface area contributed by atoms with Crippen LogP contribution in [0.5, 0.6) is 0 Å². The Morgan fingerprint density at radius 1 is 1.17 bits per heavy atom. The standard InChI is InChI=1S/C15H16O2S/c1-10(15(16)17-2)11-4-5-13-9-14(18-3)7-6-12(13)8-11/h4-10H,1-3H3/t10-/m0/s1. The first-order valence-corrected chi connectivity index (χ1v) is 7.03. The second-order valence-electron chi connectivity index (χ2n) is 4.22. The van der Waals surface area contributed by atoms with Gasteiger partial charge in [0.25, 0.3) is 0 Å². The number of thioether (sulfide) groups is 1. The summed E-state index contributed by atoms with van der Waals surface area (Å²) in [5.74, 6) is -0.422. The molecule has 0 radical (unpaired) electrons. The number of rotatable bonds is 3. The molecule has 0 unspecified atom stereocenters. The maximum atomic E-state index is 11.5. The third-order valence-electron chi connectivity index (χ3n) is 3.13. The molecule has 0 aliphatic heterocycles. The maximum absolute atomic E-state index is 11.5. The molecule has 0 fully saturated rings. The number of hydrogen-bond acceptors (Lipinski definition) is 3. The van der Waals surface area contributed by atoms with E-state index in [9.17, 15) is 4.79 Å². The molecule has 1 atom stereocenters. The van der Waals surface area contributed by atoms with Crippen LogP contribution in [0.25, 0.3) is 10.8 Å². The van der Waals surface area contributed by atoms with Crippen LogP contribution in [-0.4, -0.2) is 19.3 Å². The van der Waals surface area contributed by atoms with E-state index >= 15 is 0 Å². The third kappa shape index (κ3) is 2.51. The van der Waals surface area contributed by atoms with Crippen LogP contribution in [0.1, 0.15) is 18.4 Å². The van der Waals surface area contributed by atoms with Gasteiger partial charge in [0.2, 0.25) is 0 Å². The Labute approximate surface area is 111 Å². The predicted molar refractivity (Wildman–Crippen MR) is 76.2 cm³/mol. The molecule has 0 N–H and O–H groups in total. The first-order valence-electron chi connectivity index (χ1n) is 5.81. The van der Waals surface area contributed by atoms with Crippen LogP contribution in [-0.2, 0) is 9.53 Å². The Bertz CT molecular complexity index is 578.